The van der Waals surface area contributed by atoms with E-state index in [1.807, 2.05) is 43.3 Å². The average Bonchev–Trinajstić information content (AvgIpc) is 2.62. The van der Waals surface area contributed by atoms with Gasteiger partial charge in [-0.25, -0.2) is 5.01 Å². The van der Waals surface area contributed by atoms with Crippen molar-refractivity contribution in [3.8, 4) is 0 Å². The number of amides is 2. The molecule has 0 saturated heterocycles. The fraction of sp³-hybridized carbons (Fsp3) is 0.222. The SMILES string of the molecule is Cc1ccccc1N1N=C(C(=O)NCc2cccnc2)CCC1=O. The lowest BCUT2D eigenvalue weighted by molar-refractivity contribution is -0.119. The molecular weight excluding hydrogens is 304 g/mol. The topological polar surface area (TPSA) is 74.7 Å². The van der Waals surface area contributed by atoms with Gasteiger partial charge in [-0.3, -0.25) is 14.6 Å². The van der Waals surface area contributed by atoms with Crippen molar-refractivity contribution in [3.05, 3.63) is 59.9 Å². The molecule has 0 bridgehead atoms. The normalized spacial score (nSPS) is 14.3. The maximum absolute atomic E-state index is 12.3. The number of aromatic nitrogens is 1. The van der Waals surface area contributed by atoms with Gasteiger partial charge in [0.15, 0.2) is 0 Å². The molecule has 3 rings (SSSR count). The van der Waals surface area contributed by atoms with Crippen LogP contribution in [0.2, 0.25) is 0 Å². The molecule has 122 valence electrons. The molecule has 6 heteroatoms. The highest BCUT2D eigenvalue weighted by Gasteiger charge is 2.26. The molecule has 1 aliphatic rings. The molecule has 2 aromatic rings. The van der Waals surface area contributed by atoms with Crippen molar-refractivity contribution in [3.63, 3.8) is 0 Å². The fourth-order valence-corrected chi connectivity index (χ4v) is 2.49. The van der Waals surface area contributed by atoms with E-state index in [2.05, 4.69) is 15.4 Å². The summed E-state index contributed by atoms with van der Waals surface area (Å²) >= 11 is 0. The Hall–Kier alpha value is -3.02. The summed E-state index contributed by atoms with van der Waals surface area (Å²) in [5, 5.41) is 8.43. The molecule has 0 saturated carbocycles. The van der Waals surface area contributed by atoms with Gasteiger partial charge >= 0.3 is 0 Å². The summed E-state index contributed by atoms with van der Waals surface area (Å²) in [6.07, 6.45) is 4.00. The van der Waals surface area contributed by atoms with E-state index in [9.17, 15) is 9.59 Å². The van der Waals surface area contributed by atoms with Crippen molar-refractivity contribution in [1.29, 1.82) is 0 Å². The Bertz CT molecular complexity index is 787. The number of pyridine rings is 1. The molecule has 0 spiro atoms. The van der Waals surface area contributed by atoms with Crippen molar-refractivity contribution in [2.24, 2.45) is 5.10 Å². The number of carbonyl (C=O) groups excluding carboxylic acids is 2. The first-order valence-electron chi connectivity index (χ1n) is 7.78. The molecule has 2 heterocycles. The zero-order valence-corrected chi connectivity index (χ0v) is 13.4. The number of aryl methyl sites for hydroxylation is 1. The summed E-state index contributed by atoms with van der Waals surface area (Å²) in [7, 11) is 0. The molecule has 0 atom stereocenters. The largest absolute Gasteiger partial charge is 0.347 e. The van der Waals surface area contributed by atoms with Crippen molar-refractivity contribution in [1.82, 2.24) is 10.3 Å². The molecule has 0 fully saturated rings. The first-order valence-corrected chi connectivity index (χ1v) is 7.78. The number of anilines is 1. The van der Waals surface area contributed by atoms with Gasteiger partial charge in [0.05, 0.1) is 5.69 Å². The third-order valence-corrected chi connectivity index (χ3v) is 3.81. The molecule has 0 unspecified atom stereocenters. The summed E-state index contributed by atoms with van der Waals surface area (Å²) in [5.74, 6) is -0.363. The minimum absolute atomic E-state index is 0.104. The highest BCUT2D eigenvalue weighted by atomic mass is 16.2. The highest BCUT2D eigenvalue weighted by molar-refractivity contribution is 6.40. The lowest BCUT2D eigenvalue weighted by atomic mass is 10.1. The van der Waals surface area contributed by atoms with Crippen LogP contribution in [0, 0.1) is 6.92 Å². The van der Waals surface area contributed by atoms with Gasteiger partial charge in [0.25, 0.3) is 5.91 Å². The fourth-order valence-electron chi connectivity index (χ4n) is 2.49. The number of carbonyl (C=O) groups is 2. The summed E-state index contributed by atoms with van der Waals surface area (Å²) < 4.78 is 0. The first-order chi connectivity index (χ1) is 11.6. The molecule has 1 aromatic heterocycles. The zero-order valence-electron chi connectivity index (χ0n) is 13.4. The van der Waals surface area contributed by atoms with E-state index < -0.39 is 0 Å². The van der Waals surface area contributed by atoms with Crippen molar-refractivity contribution in [2.75, 3.05) is 5.01 Å². The van der Waals surface area contributed by atoms with E-state index >= 15 is 0 Å². The van der Waals surface area contributed by atoms with Gasteiger partial charge < -0.3 is 5.32 Å². The van der Waals surface area contributed by atoms with Gasteiger partial charge in [-0.2, -0.15) is 5.10 Å². The van der Waals surface area contributed by atoms with Crippen LogP contribution in [0.15, 0.2) is 53.9 Å². The van der Waals surface area contributed by atoms with Crippen LogP contribution in [0.4, 0.5) is 5.69 Å². The van der Waals surface area contributed by atoms with Crippen LogP contribution in [0.25, 0.3) is 0 Å². The van der Waals surface area contributed by atoms with E-state index in [0.717, 1.165) is 11.1 Å². The van der Waals surface area contributed by atoms with Gasteiger partial charge in [0, 0.05) is 31.8 Å². The van der Waals surface area contributed by atoms with E-state index in [4.69, 9.17) is 0 Å². The standard InChI is InChI=1S/C18H18N4O2/c1-13-5-2-3-7-16(13)22-17(23)9-8-15(21-22)18(24)20-12-14-6-4-10-19-11-14/h2-7,10-11H,8-9,12H2,1H3,(H,20,24). The third kappa shape index (κ3) is 3.48. The van der Waals surface area contributed by atoms with Crippen molar-refractivity contribution >= 4 is 23.2 Å². The van der Waals surface area contributed by atoms with Gasteiger partial charge in [0.1, 0.15) is 5.71 Å². The molecule has 1 N–H and O–H groups in total. The number of para-hydroxylation sites is 1. The summed E-state index contributed by atoms with van der Waals surface area (Å²) in [5.41, 5.74) is 2.92. The van der Waals surface area contributed by atoms with Gasteiger partial charge in [-0.05, 0) is 30.2 Å². The number of hydrazone groups is 1. The number of hydrogen-bond donors (Lipinski definition) is 1. The quantitative estimate of drug-likeness (QED) is 0.937. The van der Waals surface area contributed by atoms with Crippen LogP contribution in [-0.4, -0.2) is 22.5 Å². The Labute approximate surface area is 140 Å². The molecule has 6 nitrogen and oxygen atoms in total. The molecule has 1 aliphatic heterocycles. The van der Waals surface area contributed by atoms with E-state index in [1.165, 1.54) is 5.01 Å². The second-order valence-electron chi connectivity index (χ2n) is 5.58. The van der Waals surface area contributed by atoms with Gasteiger partial charge in [-0.1, -0.05) is 24.3 Å². The van der Waals surface area contributed by atoms with Crippen LogP contribution in [0.5, 0.6) is 0 Å². The van der Waals surface area contributed by atoms with E-state index in [0.29, 0.717) is 24.4 Å². The number of nitrogens with one attached hydrogen (secondary N) is 1. The Morgan fingerprint density at radius 3 is 2.79 bits per heavy atom. The van der Waals surface area contributed by atoms with Crippen LogP contribution in [0.3, 0.4) is 0 Å². The minimum atomic E-state index is -0.259. The molecular formula is C18H18N4O2. The van der Waals surface area contributed by atoms with E-state index in [-0.39, 0.29) is 18.2 Å². The third-order valence-electron chi connectivity index (χ3n) is 3.81. The first kappa shape index (κ1) is 15.9. The van der Waals surface area contributed by atoms with Crippen LogP contribution in [0.1, 0.15) is 24.0 Å². The smallest absolute Gasteiger partial charge is 0.267 e. The summed E-state index contributed by atoms with van der Waals surface area (Å²) in [6.45, 7) is 2.29. The van der Waals surface area contributed by atoms with E-state index in [1.54, 1.807) is 12.4 Å². The molecule has 0 aliphatic carbocycles. The predicted molar refractivity (Wildman–Crippen MR) is 91.4 cm³/mol. The highest BCUT2D eigenvalue weighted by Crippen LogP contribution is 2.23. The van der Waals surface area contributed by atoms with Crippen LogP contribution < -0.4 is 10.3 Å². The van der Waals surface area contributed by atoms with Gasteiger partial charge in [0.2, 0.25) is 5.91 Å². The average molecular weight is 322 g/mol. The zero-order chi connectivity index (χ0) is 16.9. The second kappa shape index (κ2) is 7.04. The molecule has 1 aromatic carbocycles. The number of hydrogen-bond acceptors (Lipinski definition) is 4. The monoisotopic (exact) mass is 322 g/mol. The number of rotatable bonds is 4. The van der Waals surface area contributed by atoms with Crippen molar-refractivity contribution in [2.45, 2.75) is 26.3 Å². The van der Waals surface area contributed by atoms with Crippen molar-refractivity contribution < 1.29 is 9.59 Å². The Morgan fingerprint density at radius 2 is 2.04 bits per heavy atom. The van der Waals surface area contributed by atoms with Crippen LogP contribution in [-0.2, 0) is 16.1 Å². The predicted octanol–water partition coefficient (Wildman–Crippen LogP) is 2.19. The summed E-state index contributed by atoms with van der Waals surface area (Å²) in [6, 6.07) is 11.2. The summed E-state index contributed by atoms with van der Waals surface area (Å²) in [4.78, 5) is 28.5. The lowest BCUT2D eigenvalue weighted by Crippen LogP contribution is -2.39. The van der Waals surface area contributed by atoms with Crippen LogP contribution >= 0.6 is 0 Å². The number of benzene rings is 1. The lowest BCUT2D eigenvalue weighted by Gasteiger charge is -2.24. The molecule has 2 amide bonds. The Balaban J connectivity index is 1.75. The number of nitrogens with zero attached hydrogens (tertiary/aromatic N) is 3. The van der Waals surface area contributed by atoms with Gasteiger partial charge in [-0.15, -0.1) is 0 Å². The second-order valence-corrected chi connectivity index (χ2v) is 5.58. The maximum atomic E-state index is 12.3. The Morgan fingerprint density at radius 1 is 1.21 bits per heavy atom. The molecule has 0 radical (unpaired) electrons. The maximum Gasteiger partial charge on any atom is 0.267 e. The minimum Gasteiger partial charge on any atom is -0.347 e. The molecule has 24 heavy (non-hydrogen) atoms. The Kier molecular flexibility index (Phi) is 4.65.